The second kappa shape index (κ2) is 3.58. The van der Waals surface area contributed by atoms with Gasteiger partial charge in [0, 0.05) is 11.5 Å². The van der Waals surface area contributed by atoms with Gasteiger partial charge in [0.1, 0.15) is 0 Å². The maximum absolute atomic E-state index is 11.1. The lowest BCUT2D eigenvalue weighted by atomic mass is 10.1. The van der Waals surface area contributed by atoms with Crippen LogP contribution in [0.1, 0.15) is 6.42 Å². The molecule has 0 aliphatic carbocycles. The van der Waals surface area contributed by atoms with Gasteiger partial charge >= 0.3 is 5.97 Å². The number of carboxylic acids is 1. The van der Waals surface area contributed by atoms with E-state index in [9.17, 15) is 9.59 Å². The molecule has 0 saturated carbocycles. The highest BCUT2D eigenvalue weighted by atomic mass is 79.9. The summed E-state index contributed by atoms with van der Waals surface area (Å²) in [5.41, 5.74) is 0.302. The number of alkyl halides is 1. The van der Waals surface area contributed by atoms with Gasteiger partial charge in [-0.15, -0.1) is 11.8 Å². The van der Waals surface area contributed by atoms with Crippen molar-refractivity contribution >= 4 is 39.6 Å². The number of carbonyl (C=O) groups excluding carboxylic acids is 1. The summed E-state index contributed by atoms with van der Waals surface area (Å²) in [5.74, 6) is -0.936. The Morgan fingerprint density at radius 3 is 3.00 bits per heavy atom. The Balaban J connectivity index is 2.25. The van der Waals surface area contributed by atoms with Crippen LogP contribution >= 0.6 is 27.7 Å². The fourth-order valence-electron chi connectivity index (χ4n) is 1.48. The van der Waals surface area contributed by atoms with E-state index in [1.807, 2.05) is 0 Å². The third-order valence-corrected chi connectivity index (χ3v) is 4.81. The van der Waals surface area contributed by atoms with Gasteiger partial charge in [0.2, 0.25) is 5.91 Å². The number of aliphatic carboxylic acids is 1. The molecule has 2 aliphatic heterocycles. The van der Waals surface area contributed by atoms with Crippen LogP contribution in [-0.4, -0.2) is 37.8 Å². The number of carboxylic acid groups (broad SMARTS) is 1. The van der Waals surface area contributed by atoms with Crippen molar-refractivity contribution in [2.45, 2.75) is 17.0 Å². The summed E-state index contributed by atoms with van der Waals surface area (Å²) < 4.78 is 0. The van der Waals surface area contributed by atoms with Crippen molar-refractivity contribution in [2.75, 3.05) is 5.33 Å². The van der Waals surface area contributed by atoms with E-state index in [-0.39, 0.29) is 16.5 Å². The fraction of sp³-hybridized carbons (Fsp3) is 0.500. The average molecular weight is 278 g/mol. The number of amides is 1. The first-order chi connectivity index (χ1) is 6.63. The molecule has 2 heterocycles. The van der Waals surface area contributed by atoms with Gasteiger partial charge in [-0.3, -0.25) is 4.79 Å². The Kier molecular flexibility index (Phi) is 2.57. The van der Waals surface area contributed by atoms with Gasteiger partial charge in [-0.05, 0) is 0 Å². The first-order valence-corrected chi connectivity index (χ1v) is 6.17. The average Bonchev–Trinajstić information content (AvgIpc) is 2.14. The molecule has 1 unspecified atom stereocenters. The summed E-state index contributed by atoms with van der Waals surface area (Å²) in [4.78, 5) is 23.5. The Morgan fingerprint density at radius 1 is 1.79 bits per heavy atom. The molecule has 2 atom stereocenters. The van der Waals surface area contributed by atoms with Crippen molar-refractivity contribution in [1.82, 2.24) is 4.90 Å². The van der Waals surface area contributed by atoms with Gasteiger partial charge < -0.3 is 10.0 Å². The van der Waals surface area contributed by atoms with Crippen LogP contribution in [0.25, 0.3) is 0 Å². The predicted molar refractivity (Wildman–Crippen MR) is 56.1 cm³/mol. The lowest BCUT2D eigenvalue weighted by Crippen LogP contribution is -2.51. The van der Waals surface area contributed by atoms with E-state index in [4.69, 9.17) is 5.11 Å². The standard InChI is InChI=1S/C8H8BrNO3S/c9-2-5-4(8(12)13)3-10-6(11)1-7(10)14-5/h3,5,7H,1-2H2,(H,12,13)/t5?,7-/m1/s1. The highest BCUT2D eigenvalue weighted by Crippen LogP contribution is 2.40. The molecule has 1 amide bonds. The smallest absolute Gasteiger partial charge is 0.334 e. The number of halogens is 1. The molecule has 76 valence electrons. The molecule has 14 heavy (non-hydrogen) atoms. The summed E-state index contributed by atoms with van der Waals surface area (Å²) in [6.07, 6.45) is 2.00. The van der Waals surface area contributed by atoms with Gasteiger partial charge in [-0.25, -0.2) is 4.79 Å². The van der Waals surface area contributed by atoms with Gasteiger partial charge in [0.15, 0.2) is 0 Å². The van der Waals surface area contributed by atoms with Crippen molar-refractivity contribution in [1.29, 1.82) is 0 Å². The molecule has 0 aromatic carbocycles. The maximum atomic E-state index is 11.1. The monoisotopic (exact) mass is 277 g/mol. The summed E-state index contributed by atoms with van der Waals surface area (Å²) in [6, 6.07) is 0. The third-order valence-electron chi connectivity index (χ3n) is 2.28. The highest BCUT2D eigenvalue weighted by Gasteiger charge is 2.42. The lowest BCUT2D eigenvalue weighted by molar-refractivity contribution is -0.138. The molecule has 4 nitrogen and oxygen atoms in total. The first-order valence-electron chi connectivity index (χ1n) is 4.11. The van der Waals surface area contributed by atoms with E-state index >= 15 is 0 Å². The van der Waals surface area contributed by atoms with E-state index in [0.717, 1.165) is 0 Å². The Bertz CT molecular complexity index is 331. The van der Waals surface area contributed by atoms with Crippen LogP contribution < -0.4 is 0 Å². The molecular weight excluding hydrogens is 270 g/mol. The van der Waals surface area contributed by atoms with Crippen LogP contribution in [0.4, 0.5) is 0 Å². The maximum Gasteiger partial charge on any atom is 0.334 e. The van der Waals surface area contributed by atoms with Crippen LogP contribution in [-0.2, 0) is 9.59 Å². The fourth-order valence-corrected chi connectivity index (χ4v) is 3.59. The van der Waals surface area contributed by atoms with Gasteiger partial charge in [0.25, 0.3) is 0 Å². The molecule has 0 aromatic heterocycles. The molecule has 1 N–H and O–H groups in total. The molecule has 0 spiro atoms. The van der Waals surface area contributed by atoms with Crippen LogP contribution in [0.15, 0.2) is 11.8 Å². The van der Waals surface area contributed by atoms with E-state index in [0.29, 0.717) is 17.3 Å². The number of nitrogens with zero attached hydrogens (tertiary/aromatic N) is 1. The minimum atomic E-state index is -0.944. The molecule has 1 saturated heterocycles. The molecule has 6 heteroatoms. The predicted octanol–water partition coefficient (Wildman–Crippen LogP) is 1.02. The quantitative estimate of drug-likeness (QED) is 0.605. The molecule has 0 radical (unpaired) electrons. The first kappa shape index (κ1) is 10.0. The Morgan fingerprint density at radius 2 is 2.50 bits per heavy atom. The second-order valence-corrected chi connectivity index (χ2v) is 5.16. The number of rotatable bonds is 2. The van der Waals surface area contributed by atoms with Crippen LogP contribution in [0.5, 0.6) is 0 Å². The van der Waals surface area contributed by atoms with E-state index in [1.54, 1.807) is 0 Å². The Hall–Kier alpha value is -0.490. The molecule has 2 rings (SSSR count). The summed E-state index contributed by atoms with van der Waals surface area (Å²) in [7, 11) is 0. The minimum Gasteiger partial charge on any atom is -0.478 e. The van der Waals surface area contributed by atoms with Crippen LogP contribution in [0.3, 0.4) is 0 Å². The summed E-state index contributed by atoms with van der Waals surface area (Å²) in [6.45, 7) is 0. The largest absolute Gasteiger partial charge is 0.478 e. The van der Waals surface area contributed by atoms with Crippen molar-refractivity contribution in [3.05, 3.63) is 11.8 Å². The zero-order chi connectivity index (χ0) is 10.3. The van der Waals surface area contributed by atoms with Gasteiger partial charge in [-0.1, -0.05) is 15.9 Å². The number of hydrogen-bond acceptors (Lipinski definition) is 3. The normalized spacial score (nSPS) is 30.5. The van der Waals surface area contributed by atoms with Crippen molar-refractivity contribution in [3.8, 4) is 0 Å². The number of thioether (sulfide) groups is 1. The minimum absolute atomic E-state index is 0.00859. The Labute approximate surface area is 93.5 Å². The van der Waals surface area contributed by atoms with E-state index in [2.05, 4.69) is 15.9 Å². The van der Waals surface area contributed by atoms with Crippen molar-refractivity contribution in [3.63, 3.8) is 0 Å². The summed E-state index contributed by atoms with van der Waals surface area (Å²) >= 11 is 4.81. The SMILES string of the molecule is O=C(O)C1=CN2C(=O)C[C@H]2SC1CBr. The van der Waals surface area contributed by atoms with Crippen LogP contribution in [0.2, 0.25) is 0 Å². The molecular formula is C8H8BrNO3S. The zero-order valence-corrected chi connectivity index (χ0v) is 9.55. The van der Waals surface area contributed by atoms with Gasteiger partial charge in [0.05, 0.1) is 22.6 Å². The molecule has 0 bridgehead atoms. The molecule has 1 fully saturated rings. The molecule has 0 aromatic rings. The van der Waals surface area contributed by atoms with Crippen molar-refractivity contribution < 1.29 is 14.7 Å². The molecule has 2 aliphatic rings. The second-order valence-electron chi connectivity index (χ2n) is 3.13. The van der Waals surface area contributed by atoms with Crippen molar-refractivity contribution in [2.24, 2.45) is 0 Å². The zero-order valence-electron chi connectivity index (χ0n) is 7.14. The number of β-lactam (4-membered cyclic amide) rings is 1. The number of carbonyl (C=O) groups is 2. The van der Waals surface area contributed by atoms with E-state index < -0.39 is 5.97 Å². The van der Waals surface area contributed by atoms with E-state index in [1.165, 1.54) is 22.9 Å². The number of fused-ring (bicyclic) bond motifs is 1. The summed E-state index contributed by atoms with van der Waals surface area (Å²) in [5, 5.41) is 9.61. The third kappa shape index (κ3) is 1.46. The van der Waals surface area contributed by atoms with Gasteiger partial charge in [-0.2, -0.15) is 0 Å². The lowest BCUT2D eigenvalue weighted by Gasteiger charge is -2.42. The number of hydrogen-bond donors (Lipinski definition) is 1. The topological polar surface area (TPSA) is 57.6 Å². The highest BCUT2D eigenvalue weighted by molar-refractivity contribution is 9.09. The van der Waals surface area contributed by atoms with Crippen LogP contribution in [0, 0.1) is 0 Å².